The lowest BCUT2D eigenvalue weighted by Gasteiger charge is -2.32. The van der Waals surface area contributed by atoms with Crippen molar-refractivity contribution in [2.24, 2.45) is 0 Å². The van der Waals surface area contributed by atoms with Gasteiger partial charge < -0.3 is 5.32 Å². The molecule has 1 aromatic rings. The molecule has 0 saturated heterocycles. The van der Waals surface area contributed by atoms with Crippen molar-refractivity contribution in [3.63, 3.8) is 0 Å². The molecule has 1 saturated carbocycles. The highest BCUT2D eigenvalue weighted by atomic mass is 32.2. The largest absolute Gasteiger partial charge is 0.352 e. The van der Waals surface area contributed by atoms with Gasteiger partial charge in [-0.3, -0.25) is 9.10 Å². The second-order valence-corrected chi connectivity index (χ2v) is 8.87. The molecule has 1 N–H and O–H groups in total. The third kappa shape index (κ3) is 5.69. The Labute approximate surface area is 156 Å². The van der Waals surface area contributed by atoms with Crippen LogP contribution in [-0.4, -0.2) is 32.7 Å². The number of hydrogen-bond acceptors (Lipinski definition) is 3. The Morgan fingerprint density at radius 3 is 2.19 bits per heavy atom. The van der Waals surface area contributed by atoms with Gasteiger partial charge in [0, 0.05) is 6.04 Å². The zero-order chi connectivity index (χ0) is 19.2. The van der Waals surface area contributed by atoms with Crippen molar-refractivity contribution < 1.29 is 17.6 Å². The summed E-state index contributed by atoms with van der Waals surface area (Å²) in [6.45, 7) is 1.78. The Morgan fingerprint density at radius 1 is 1.15 bits per heavy atom. The molecule has 5 nitrogen and oxygen atoms in total. The minimum Gasteiger partial charge on any atom is -0.352 e. The number of benzene rings is 1. The Morgan fingerprint density at radius 2 is 1.69 bits per heavy atom. The van der Waals surface area contributed by atoms with Gasteiger partial charge in [-0.05, 0) is 43.5 Å². The molecule has 146 valence electrons. The summed E-state index contributed by atoms with van der Waals surface area (Å²) in [6, 6.07) is 4.43. The molecule has 0 aliphatic heterocycles. The third-order valence-corrected chi connectivity index (χ3v) is 6.04. The van der Waals surface area contributed by atoms with E-state index in [9.17, 15) is 17.6 Å². The molecule has 1 aliphatic rings. The van der Waals surface area contributed by atoms with Crippen molar-refractivity contribution in [3.05, 3.63) is 30.1 Å². The van der Waals surface area contributed by atoms with E-state index in [-0.39, 0.29) is 11.9 Å². The molecule has 26 heavy (non-hydrogen) atoms. The fourth-order valence-electron chi connectivity index (χ4n) is 3.55. The smallest absolute Gasteiger partial charge is 0.244 e. The molecule has 0 spiro atoms. The molecule has 1 fully saturated rings. The first-order valence-electron chi connectivity index (χ1n) is 9.38. The average molecular weight is 385 g/mol. The maximum absolute atomic E-state index is 13.2. The van der Waals surface area contributed by atoms with E-state index in [0.717, 1.165) is 36.2 Å². The standard InChI is InChI=1S/C19H29FN2O3S/c1-3-18(19(23)21-16-9-7-5-4-6-8-10-16)22(26(2,24)25)17-13-11-15(20)12-14-17/h11-14,16,18H,3-10H2,1-2H3,(H,21,23)/t18-/m0/s1. The Kier molecular flexibility index (Phi) is 7.43. The van der Waals surface area contributed by atoms with Gasteiger partial charge in [-0.2, -0.15) is 0 Å². The first kappa shape index (κ1) is 20.7. The summed E-state index contributed by atoms with van der Waals surface area (Å²) in [6.07, 6.45) is 9.01. The van der Waals surface area contributed by atoms with Crippen LogP contribution < -0.4 is 9.62 Å². The maximum Gasteiger partial charge on any atom is 0.244 e. The quantitative estimate of drug-likeness (QED) is 0.815. The van der Waals surface area contributed by atoms with Crippen LogP contribution in [0.4, 0.5) is 10.1 Å². The Balaban J connectivity index is 2.20. The summed E-state index contributed by atoms with van der Waals surface area (Å²) in [4.78, 5) is 12.9. The van der Waals surface area contributed by atoms with E-state index in [4.69, 9.17) is 0 Å². The predicted molar refractivity (Wildman–Crippen MR) is 102 cm³/mol. The van der Waals surface area contributed by atoms with E-state index in [1.807, 2.05) is 0 Å². The number of halogens is 1. The minimum atomic E-state index is -3.69. The fraction of sp³-hybridized carbons (Fsp3) is 0.632. The lowest BCUT2D eigenvalue weighted by molar-refractivity contribution is -0.123. The summed E-state index contributed by atoms with van der Waals surface area (Å²) in [5, 5.41) is 3.05. The number of carbonyl (C=O) groups excluding carboxylic acids is 1. The summed E-state index contributed by atoms with van der Waals surface area (Å²) >= 11 is 0. The Bertz CT molecular complexity index is 683. The second-order valence-electron chi connectivity index (χ2n) is 7.01. The van der Waals surface area contributed by atoms with Gasteiger partial charge in [-0.1, -0.05) is 39.0 Å². The Hall–Kier alpha value is -1.63. The second kappa shape index (κ2) is 9.35. The number of rotatable bonds is 6. The molecule has 2 rings (SSSR count). The molecule has 0 heterocycles. The van der Waals surface area contributed by atoms with Crippen molar-refractivity contribution in [2.45, 2.75) is 70.4 Å². The van der Waals surface area contributed by atoms with Crippen LogP contribution in [0.15, 0.2) is 24.3 Å². The van der Waals surface area contributed by atoms with Gasteiger partial charge in [0.15, 0.2) is 0 Å². The van der Waals surface area contributed by atoms with Gasteiger partial charge in [0.25, 0.3) is 0 Å². The number of nitrogens with zero attached hydrogens (tertiary/aromatic N) is 1. The summed E-state index contributed by atoms with van der Waals surface area (Å²) in [5.74, 6) is -0.734. The van der Waals surface area contributed by atoms with Crippen molar-refractivity contribution in [2.75, 3.05) is 10.6 Å². The van der Waals surface area contributed by atoms with E-state index >= 15 is 0 Å². The predicted octanol–water partition coefficient (Wildman–Crippen LogP) is 3.60. The molecular formula is C19H29FN2O3S. The van der Waals surface area contributed by atoms with Gasteiger partial charge in [-0.15, -0.1) is 0 Å². The molecule has 1 aromatic carbocycles. The van der Waals surface area contributed by atoms with E-state index in [1.165, 1.54) is 43.5 Å². The lowest BCUT2D eigenvalue weighted by atomic mass is 9.96. The van der Waals surface area contributed by atoms with Crippen molar-refractivity contribution >= 4 is 21.6 Å². The first-order valence-corrected chi connectivity index (χ1v) is 11.2. The minimum absolute atomic E-state index is 0.0893. The number of anilines is 1. The van der Waals surface area contributed by atoms with E-state index in [2.05, 4.69) is 5.32 Å². The van der Waals surface area contributed by atoms with Gasteiger partial charge in [0.1, 0.15) is 11.9 Å². The van der Waals surface area contributed by atoms with Gasteiger partial charge >= 0.3 is 0 Å². The SMILES string of the molecule is CC[C@@H](C(=O)NC1CCCCCCC1)N(c1ccc(F)cc1)S(C)(=O)=O. The highest BCUT2D eigenvalue weighted by Crippen LogP contribution is 2.24. The topological polar surface area (TPSA) is 66.5 Å². The number of carbonyl (C=O) groups is 1. The molecule has 1 aliphatic carbocycles. The van der Waals surface area contributed by atoms with Crippen molar-refractivity contribution in [3.8, 4) is 0 Å². The van der Waals surface area contributed by atoms with Gasteiger partial charge in [-0.25, -0.2) is 12.8 Å². The molecule has 0 radical (unpaired) electrons. The van der Waals surface area contributed by atoms with Crippen LogP contribution in [-0.2, 0) is 14.8 Å². The summed E-state index contributed by atoms with van der Waals surface area (Å²) in [5.41, 5.74) is 0.300. The highest BCUT2D eigenvalue weighted by Gasteiger charge is 2.32. The molecule has 0 unspecified atom stereocenters. The molecule has 7 heteroatoms. The zero-order valence-electron chi connectivity index (χ0n) is 15.6. The fourth-order valence-corrected chi connectivity index (χ4v) is 4.76. The molecule has 0 aromatic heterocycles. The zero-order valence-corrected chi connectivity index (χ0v) is 16.4. The van der Waals surface area contributed by atoms with Gasteiger partial charge in [0.2, 0.25) is 15.9 Å². The highest BCUT2D eigenvalue weighted by molar-refractivity contribution is 7.92. The first-order chi connectivity index (χ1) is 12.3. The van der Waals surface area contributed by atoms with Crippen LogP contribution in [0.2, 0.25) is 0 Å². The molecule has 1 amide bonds. The molecule has 0 bridgehead atoms. The lowest BCUT2D eigenvalue weighted by Crippen LogP contribution is -2.51. The maximum atomic E-state index is 13.2. The third-order valence-electron chi connectivity index (χ3n) is 4.86. The van der Waals surface area contributed by atoms with Crippen LogP contribution >= 0.6 is 0 Å². The average Bonchev–Trinajstić information content (AvgIpc) is 2.54. The van der Waals surface area contributed by atoms with Crippen molar-refractivity contribution in [1.29, 1.82) is 0 Å². The number of hydrogen-bond donors (Lipinski definition) is 1. The molecular weight excluding hydrogens is 355 g/mol. The van der Waals surface area contributed by atoms with E-state index < -0.39 is 21.9 Å². The summed E-state index contributed by atoms with van der Waals surface area (Å²) in [7, 11) is -3.69. The van der Waals surface area contributed by atoms with Crippen LogP contribution in [0.1, 0.15) is 58.3 Å². The van der Waals surface area contributed by atoms with Crippen LogP contribution in [0.5, 0.6) is 0 Å². The van der Waals surface area contributed by atoms with Gasteiger partial charge in [0.05, 0.1) is 11.9 Å². The summed E-state index contributed by atoms with van der Waals surface area (Å²) < 4.78 is 39.1. The van der Waals surface area contributed by atoms with Crippen LogP contribution in [0, 0.1) is 5.82 Å². The molecule has 1 atom stereocenters. The van der Waals surface area contributed by atoms with Crippen molar-refractivity contribution in [1.82, 2.24) is 5.32 Å². The normalized spacial score (nSPS) is 17.8. The van der Waals surface area contributed by atoms with Crippen LogP contribution in [0.3, 0.4) is 0 Å². The number of nitrogens with one attached hydrogen (secondary N) is 1. The number of sulfonamides is 1. The number of amides is 1. The van der Waals surface area contributed by atoms with E-state index in [0.29, 0.717) is 12.1 Å². The monoisotopic (exact) mass is 384 g/mol. The van der Waals surface area contributed by atoms with E-state index in [1.54, 1.807) is 6.92 Å². The van der Waals surface area contributed by atoms with Crippen LogP contribution in [0.25, 0.3) is 0 Å².